The molecule has 19 heavy (non-hydrogen) atoms. The molecule has 0 aromatic carbocycles. The summed E-state index contributed by atoms with van der Waals surface area (Å²) < 4.78 is 5.64. The first-order valence-corrected chi connectivity index (χ1v) is 7.54. The third kappa shape index (κ3) is 3.09. The number of carbonyl (C=O) groups is 1. The quantitative estimate of drug-likeness (QED) is 0.787. The fourth-order valence-corrected chi connectivity index (χ4v) is 3.33. The van der Waals surface area contributed by atoms with E-state index in [1.54, 1.807) is 0 Å². The van der Waals surface area contributed by atoms with Gasteiger partial charge in [-0.25, -0.2) is 0 Å². The molecule has 0 N–H and O–H groups in total. The van der Waals surface area contributed by atoms with E-state index < -0.39 is 5.41 Å². The Morgan fingerprint density at radius 2 is 2.11 bits per heavy atom. The molecule has 1 aliphatic heterocycles. The van der Waals surface area contributed by atoms with E-state index in [1.165, 1.54) is 0 Å². The number of likely N-dealkylation sites (tertiary alicyclic amines) is 1. The molecule has 1 aliphatic carbocycles. The van der Waals surface area contributed by atoms with Crippen molar-refractivity contribution in [2.24, 2.45) is 5.41 Å². The van der Waals surface area contributed by atoms with Gasteiger partial charge in [0.15, 0.2) is 0 Å². The number of carbonyl (C=O) groups excluding carboxylic acids is 1. The molecule has 0 spiro atoms. The molecule has 0 aromatic rings. The molecular formula is C15H24N2O2. The Labute approximate surface area is 115 Å². The largest absolute Gasteiger partial charge is 0.377 e. The minimum Gasteiger partial charge on any atom is -0.377 e. The molecule has 4 nitrogen and oxygen atoms in total. The summed E-state index contributed by atoms with van der Waals surface area (Å²) in [6.45, 7) is 4.12. The van der Waals surface area contributed by atoms with Crippen LogP contribution in [-0.4, -0.2) is 36.6 Å². The van der Waals surface area contributed by atoms with Gasteiger partial charge >= 0.3 is 0 Å². The summed E-state index contributed by atoms with van der Waals surface area (Å²) in [6.07, 6.45) is 6.79. The number of piperidine rings is 1. The average molecular weight is 264 g/mol. The van der Waals surface area contributed by atoms with Crippen LogP contribution in [0.3, 0.4) is 0 Å². The van der Waals surface area contributed by atoms with Crippen LogP contribution in [-0.2, 0) is 9.53 Å². The predicted octanol–water partition coefficient (Wildman–Crippen LogP) is 2.49. The van der Waals surface area contributed by atoms with Gasteiger partial charge in [0.25, 0.3) is 0 Å². The predicted molar refractivity (Wildman–Crippen MR) is 72.4 cm³/mol. The highest BCUT2D eigenvalue weighted by atomic mass is 16.5. The zero-order valence-electron chi connectivity index (χ0n) is 11.9. The summed E-state index contributed by atoms with van der Waals surface area (Å²) in [6, 6.07) is 2.33. The van der Waals surface area contributed by atoms with Gasteiger partial charge in [-0.3, -0.25) is 4.79 Å². The first-order valence-electron chi connectivity index (χ1n) is 7.54. The van der Waals surface area contributed by atoms with Crippen LogP contribution in [0.2, 0.25) is 0 Å². The number of ether oxygens (including phenoxy) is 1. The molecule has 0 aromatic heterocycles. The van der Waals surface area contributed by atoms with Gasteiger partial charge in [-0.15, -0.1) is 0 Å². The zero-order chi connectivity index (χ0) is 13.7. The molecule has 1 saturated carbocycles. The number of hydrogen-bond donors (Lipinski definition) is 0. The van der Waals surface area contributed by atoms with Crippen molar-refractivity contribution >= 4 is 5.91 Å². The van der Waals surface area contributed by atoms with E-state index in [2.05, 4.69) is 6.07 Å². The minimum absolute atomic E-state index is 0.0547. The first-order chi connectivity index (χ1) is 9.22. The van der Waals surface area contributed by atoms with Crippen molar-refractivity contribution in [2.45, 2.75) is 58.0 Å². The highest BCUT2D eigenvalue weighted by molar-refractivity contribution is 5.85. The summed E-state index contributed by atoms with van der Waals surface area (Å²) in [7, 11) is 0. The zero-order valence-corrected chi connectivity index (χ0v) is 11.9. The van der Waals surface area contributed by atoms with Crippen molar-refractivity contribution in [2.75, 3.05) is 19.7 Å². The second kappa shape index (κ2) is 6.38. The summed E-state index contributed by atoms with van der Waals surface area (Å²) in [4.78, 5) is 14.6. The lowest BCUT2D eigenvalue weighted by Gasteiger charge is -2.38. The third-order valence-corrected chi connectivity index (χ3v) is 4.40. The highest BCUT2D eigenvalue weighted by Gasteiger charge is 2.43. The average Bonchev–Trinajstić information content (AvgIpc) is 2.48. The lowest BCUT2D eigenvalue weighted by atomic mass is 9.74. The lowest BCUT2D eigenvalue weighted by Crippen LogP contribution is -2.50. The maximum absolute atomic E-state index is 12.7. The topological polar surface area (TPSA) is 53.3 Å². The van der Waals surface area contributed by atoms with E-state index >= 15 is 0 Å². The Hall–Kier alpha value is -1.08. The van der Waals surface area contributed by atoms with Crippen molar-refractivity contribution in [3.63, 3.8) is 0 Å². The van der Waals surface area contributed by atoms with E-state index in [1.807, 2.05) is 11.8 Å². The van der Waals surface area contributed by atoms with Gasteiger partial charge in [0.1, 0.15) is 5.41 Å². The van der Waals surface area contributed by atoms with Gasteiger partial charge in [-0.05, 0) is 32.6 Å². The Morgan fingerprint density at radius 3 is 2.74 bits per heavy atom. The Morgan fingerprint density at radius 1 is 1.37 bits per heavy atom. The minimum atomic E-state index is -0.744. The molecule has 2 fully saturated rings. The normalized spacial score (nSPS) is 26.7. The van der Waals surface area contributed by atoms with E-state index in [0.717, 1.165) is 51.5 Å². The van der Waals surface area contributed by atoms with Gasteiger partial charge in [-0.1, -0.05) is 19.3 Å². The molecule has 4 heteroatoms. The smallest absolute Gasteiger partial charge is 0.243 e. The van der Waals surface area contributed by atoms with E-state index in [-0.39, 0.29) is 12.0 Å². The maximum atomic E-state index is 12.7. The third-order valence-electron chi connectivity index (χ3n) is 4.40. The van der Waals surface area contributed by atoms with Crippen LogP contribution >= 0.6 is 0 Å². The molecule has 2 rings (SSSR count). The van der Waals surface area contributed by atoms with Crippen molar-refractivity contribution in [1.82, 2.24) is 4.90 Å². The first kappa shape index (κ1) is 14.3. The Bertz CT molecular complexity index is 354. The molecule has 0 bridgehead atoms. The van der Waals surface area contributed by atoms with Crippen LogP contribution in [0.15, 0.2) is 0 Å². The molecular weight excluding hydrogens is 240 g/mol. The van der Waals surface area contributed by atoms with Crippen LogP contribution in [0.5, 0.6) is 0 Å². The van der Waals surface area contributed by atoms with E-state index in [0.29, 0.717) is 13.2 Å². The molecule has 1 atom stereocenters. The highest BCUT2D eigenvalue weighted by Crippen LogP contribution is 2.38. The lowest BCUT2D eigenvalue weighted by molar-refractivity contribution is -0.144. The fourth-order valence-electron chi connectivity index (χ4n) is 3.33. The van der Waals surface area contributed by atoms with Gasteiger partial charge < -0.3 is 9.64 Å². The monoisotopic (exact) mass is 264 g/mol. The second-order valence-electron chi connectivity index (χ2n) is 5.73. The Kier molecular flexibility index (Phi) is 4.81. The fraction of sp³-hybridized carbons (Fsp3) is 0.867. The van der Waals surface area contributed by atoms with Crippen LogP contribution in [0, 0.1) is 16.7 Å². The molecule has 2 aliphatic rings. The number of nitriles is 1. The molecule has 1 unspecified atom stereocenters. The summed E-state index contributed by atoms with van der Waals surface area (Å²) in [5.41, 5.74) is -0.744. The van der Waals surface area contributed by atoms with Crippen LogP contribution < -0.4 is 0 Å². The van der Waals surface area contributed by atoms with Gasteiger partial charge in [-0.2, -0.15) is 5.26 Å². The van der Waals surface area contributed by atoms with E-state index in [4.69, 9.17) is 4.74 Å². The van der Waals surface area contributed by atoms with Gasteiger partial charge in [0.2, 0.25) is 5.91 Å². The summed E-state index contributed by atoms with van der Waals surface area (Å²) in [5, 5.41) is 9.48. The van der Waals surface area contributed by atoms with Crippen LogP contribution in [0.1, 0.15) is 51.9 Å². The number of hydrogen-bond acceptors (Lipinski definition) is 3. The summed E-state index contributed by atoms with van der Waals surface area (Å²) >= 11 is 0. The maximum Gasteiger partial charge on any atom is 0.243 e. The van der Waals surface area contributed by atoms with E-state index in [9.17, 15) is 10.1 Å². The standard InChI is InChI=1S/C15H24N2O2/c1-2-19-13-7-6-10-17(11-13)14(18)15(12-16)8-4-3-5-9-15/h13H,2-11H2,1H3. The van der Waals surface area contributed by atoms with Gasteiger partial charge in [0.05, 0.1) is 12.2 Å². The SMILES string of the molecule is CCOC1CCCN(C(=O)C2(C#N)CCCCC2)C1. The molecule has 1 amide bonds. The van der Waals surface area contributed by atoms with Crippen molar-refractivity contribution in [3.8, 4) is 6.07 Å². The van der Waals surface area contributed by atoms with Gasteiger partial charge in [0, 0.05) is 19.7 Å². The molecule has 1 saturated heterocycles. The van der Waals surface area contributed by atoms with Crippen molar-refractivity contribution in [1.29, 1.82) is 5.26 Å². The molecule has 106 valence electrons. The number of rotatable bonds is 3. The van der Waals surface area contributed by atoms with Crippen LogP contribution in [0.25, 0.3) is 0 Å². The van der Waals surface area contributed by atoms with Crippen LogP contribution in [0.4, 0.5) is 0 Å². The number of nitrogens with zero attached hydrogens (tertiary/aromatic N) is 2. The second-order valence-corrected chi connectivity index (χ2v) is 5.73. The summed E-state index contributed by atoms with van der Waals surface area (Å²) in [5.74, 6) is 0.0547. The molecule has 0 radical (unpaired) electrons. The van der Waals surface area contributed by atoms with Crippen molar-refractivity contribution < 1.29 is 9.53 Å². The molecule has 1 heterocycles. The number of amides is 1. The van der Waals surface area contributed by atoms with Crippen molar-refractivity contribution in [3.05, 3.63) is 0 Å². The Balaban J connectivity index is 2.03.